The molecule has 126 valence electrons. The monoisotopic (exact) mass is 320 g/mol. The molecule has 5 nitrogen and oxygen atoms in total. The minimum Gasteiger partial charge on any atom is -0.376 e. The highest BCUT2D eigenvalue weighted by atomic mass is 32.2. The van der Waals surface area contributed by atoms with Crippen molar-refractivity contribution in [1.29, 1.82) is 0 Å². The van der Waals surface area contributed by atoms with Gasteiger partial charge in [0.05, 0.1) is 12.4 Å². The summed E-state index contributed by atoms with van der Waals surface area (Å²) >= 11 is 0. The molecule has 0 aromatic heterocycles. The van der Waals surface area contributed by atoms with Crippen LogP contribution in [0.5, 0.6) is 0 Å². The summed E-state index contributed by atoms with van der Waals surface area (Å²) in [5, 5.41) is 0. The minimum absolute atomic E-state index is 0.00360. The molecule has 0 bridgehead atoms. The molecule has 6 heteroatoms. The maximum Gasteiger partial charge on any atom is 0.211 e. The van der Waals surface area contributed by atoms with Gasteiger partial charge in [-0.3, -0.25) is 0 Å². The Morgan fingerprint density at radius 1 is 1.38 bits per heavy atom. The van der Waals surface area contributed by atoms with Gasteiger partial charge in [0.25, 0.3) is 0 Å². The number of nitrogens with two attached hydrogens (primary N) is 1. The van der Waals surface area contributed by atoms with Crippen LogP contribution in [0.4, 0.5) is 0 Å². The smallest absolute Gasteiger partial charge is 0.211 e. The highest BCUT2D eigenvalue weighted by Crippen LogP contribution is 2.29. The van der Waals surface area contributed by atoms with E-state index < -0.39 is 10.0 Å². The van der Waals surface area contributed by atoms with E-state index in [1.54, 1.807) is 4.31 Å². The van der Waals surface area contributed by atoms with Gasteiger partial charge in [-0.2, -0.15) is 0 Å². The lowest BCUT2D eigenvalue weighted by molar-refractivity contribution is -0.0331. The summed E-state index contributed by atoms with van der Waals surface area (Å²) in [6.07, 6.45) is 4.06. The summed E-state index contributed by atoms with van der Waals surface area (Å²) in [7, 11) is -3.09. The Kier molecular flexibility index (Phi) is 6.65. The predicted molar refractivity (Wildman–Crippen MR) is 86.6 cm³/mol. The summed E-state index contributed by atoms with van der Waals surface area (Å²) in [5.41, 5.74) is 6.37. The van der Waals surface area contributed by atoms with Gasteiger partial charge in [0, 0.05) is 25.7 Å². The van der Waals surface area contributed by atoms with Crippen molar-refractivity contribution >= 4 is 10.0 Å². The van der Waals surface area contributed by atoms with Gasteiger partial charge in [0.1, 0.15) is 0 Å². The first-order valence-corrected chi connectivity index (χ1v) is 9.72. The second kappa shape index (κ2) is 7.40. The minimum atomic E-state index is -3.09. The number of sulfonamides is 1. The summed E-state index contributed by atoms with van der Waals surface area (Å²) in [4.78, 5) is 0. The predicted octanol–water partition coefficient (Wildman–Crippen LogP) is 1.83. The summed E-state index contributed by atoms with van der Waals surface area (Å²) in [6, 6.07) is -0.0607. The molecule has 0 saturated carbocycles. The number of piperidine rings is 1. The molecule has 0 spiro atoms. The van der Waals surface area contributed by atoms with E-state index in [1.807, 2.05) is 6.92 Å². The van der Waals surface area contributed by atoms with Gasteiger partial charge >= 0.3 is 0 Å². The van der Waals surface area contributed by atoms with Crippen molar-refractivity contribution in [3.63, 3.8) is 0 Å². The van der Waals surface area contributed by atoms with Gasteiger partial charge in [-0.25, -0.2) is 12.7 Å². The molecule has 0 aromatic rings. The quantitative estimate of drug-likeness (QED) is 0.810. The van der Waals surface area contributed by atoms with E-state index >= 15 is 0 Å². The zero-order chi connectivity index (χ0) is 16.3. The van der Waals surface area contributed by atoms with Gasteiger partial charge in [-0.1, -0.05) is 20.8 Å². The SMILES string of the molecule is CCOC(C(N)CC1CCCN(S(C)(=O)=O)C1)C(C)(C)C. The molecule has 3 atom stereocenters. The fourth-order valence-corrected chi connectivity index (χ4v) is 4.17. The number of hydrogen-bond donors (Lipinski definition) is 1. The Balaban J connectivity index is 2.66. The van der Waals surface area contributed by atoms with Crippen molar-refractivity contribution < 1.29 is 13.2 Å². The maximum absolute atomic E-state index is 11.7. The lowest BCUT2D eigenvalue weighted by atomic mass is 9.80. The summed E-state index contributed by atoms with van der Waals surface area (Å²) in [6.45, 7) is 10.3. The van der Waals surface area contributed by atoms with Crippen molar-refractivity contribution in [2.75, 3.05) is 26.0 Å². The first-order chi connectivity index (χ1) is 9.55. The van der Waals surface area contributed by atoms with Crippen LogP contribution in [0.25, 0.3) is 0 Å². The number of ether oxygens (including phenoxy) is 1. The van der Waals surface area contributed by atoms with Gasteiger partial charge < -0.3 is 10.5 Å². The molecule has 1 aliphatic rings. The molecule has 0 aromatic carbocycles. The topological polar surface area (TPSA) is 72.6 Å². The van der Waals surface area contributed by atoms with Crippen molar-refractivity contribution in [1.82, 2.24) is 4.31 Å². The van der Waals surface area contributed by atoms with E-state index in [9.17, 15) is 8.42 Å². The molecule has 1 saturated heterocycles. The van der Waals surface area contributed by atoms with Crippen LogP contribution in [-0.4, -0.2) is 50.8 Å². The molecule has 0 radical (unpaired) electrons. The van der Waals surface area contributed by atoms with Crippen LogP contribution < -0.4 is 5.73 Å². The summed E-state index contributed by atoms with van der Waals surface area (Å²) in [5.74, 6) is 0.328. The van der Waals surface area contributed by atoms with E-state index in [4.69, 9.17) is 10.5 Å². The van der Waals surface area contributed by atoms with Gasteiger partial charge in [-0.05, 0) is 37.5 Å². The van der Waals surface area contributed by atoms with Crippen LogP contribution in [-0.2, 0) is 14.8 Å². The molecular formula is C15H32N2O3S. The van der Waals surface area contributed by atoms with Crippen LogP contribution in [0.3, 0.4) is 0 Å². The van der Waals surface area contributed by atoms with Crippen molar-refractivity contribution in [2.45, 2.75) is 59.1 Å². The molecular weight excluding hydrogens is 288 g/mol. The second-order valence-electron chi connectivity index (χ2n) is 7.27. The Morgan fingerprint density at radius 3 is 2.48 bits per heavy atom. The van der Waals surface area contributed by atoms with Crippen molar-refractivity contribution in [3.8, 4) is 0 Å². The molecule has 2 N–H and O–H groups in total. The molecule has 1 rings (SSSR count). The second-order valence-corrected chi connectivity index (χ2v) is 9.25. The van der Waals surface area contributed by atoms with Crippen LogP contribution in [0.1, 0.15) is 47.0 Å². The van der Waals surface area contributed by atoms with Gasteiger partial charge in [0.2, 0.25) is 10.0 Å². The van der Waals surface area contributed by atoms with Crippen molar-refractivity contribution in [3.05, 3.63) is 0 Å². The molecule has 1 heterocycles. The molecule has 3 unspecified atom stereocenters. The van der Waals surface area contributed by atoms with Crippen LogP contribution >= 0.6 is 0 Å². The lowest BCUT2D eigenvalue weighted by Gasteiger charge is -2.38. The standard InChI is InChI=1S/C15H32N2O3S/c1-6-20-14(15(2,3)4)13(16)10-12-8-7-9-17(11-12)21(5,18)19/h12-14H,6-11,16H2,1-5H3. The van der Waals surface area contributed by atoms with Crippen LogP contribution in [0, 0.1) is 11.3 Å². The lowest BCUT2D eigenvalue weighted by Crippen LogP contribution is -2.48. The third kappa shape index (κ3) is 5.85. The van der Waals surface area contributed by atoms with E-state index in [1.165, 1.54) is 6.26 Å². The summed E-state index contributed by atoms with van der Waals surface area (Å²) < 4.78 is 30.8. The van der Waals surface area contributed by atoms with E-state index in [2.05, 4.69) is 20.8 Å². The number of rotatable bonds is 6. The first kappa shape index (κ1) is 18.9. The average molecular weight is 320 g/mol. The van der Waals surface area contributed by atoms with Gasteiger partial charge in [-0.15, -0.1) is 0 Å². The molecule has 1 aliphatic heterocycles. The highest BCUT2D eigenvalue weighted by molar-refractivity contribution is 7.88. The van der Waals surface area contributed by atoms with Crippen molar-refractivity contribution in [2.24, 2.45) is 17.1 Å². The third-order valence-corrected chi connectivity index (χ3v) is 5.41. The molecule has 0 aliphatic carbocycles. The van der Waals surface area contributed by atoms with Gasteiger partial charge in [0.15, 0.2) is 0 Å². The van der Waals surface area contributed by atoms with E-state index in [-0.39, 0.29) is 17.6 Å². The first-order valence-electron chi connectivity index (χ1n) is 7.88. The fraction of sp³-hybridized carbons (Fsp3) is 1.00. The maximum atomic E-state index is 11.7. The Hall–Kier alpha value is -0.170. The van der Waals surface area contributed by atoms with Crippen LogP contribution in [0.15, 0.2) is 0 Å². The van der Waals surface area contributed by atoms with E-state index in [0.717, 1.165) is 19.3 Å². The normalized spacial score (nSPS) is 24.8. The van der Waals surface area contributed by atoms with Crippen LogP contribution in [0.2, 0.25) is 0 Å². The number of hydrogen-bond acceptors (Lipinski definition) is 4. The third-order valence-electron chi connectivity index (χ3n) is 4.14. The largest absolute Gasteiger partial charge is 0.376 e. The molecule has 1 fully saturated rings. The average Bonchev–Trinajstić information content (AvgIpc) is 2.33. The zero-order valence-electron chi connectivity index (χ0n) is 14.1. The Labute approximate surface area is 130 Å². The molecule has 21 heavy (non-hydrogen) atoms. The zero-order valence-corrected chi connectivity index (χ0v) is 14.9. The Morgan fingerprint density at radius 2 is 2.00 bits per heavy atom. The molecule has 0 amide bonds. The van der Waals surface area contributed by atoms with E-state index in [0.29, 0.717) is 25.6 Å². The number of nitrogens with zero attached hydrogens (tertiary/aromatic N) is 1. The highest BCUT2D eigenvalue weighted by Gasteiger charge is 2.34. The fourth-order valence-electron chi connectivity index (χ4n) is 3.22. The Bertz CT molecular complexity index is 417.